The molecule has 3 aromatic rings. The fourth-order valence-electron chi connectivity index (χ4n) is 4.20. The molecule has 1 N–H and O–H groups in total. The standard InChI is InChI=1S/C28H23F2NO5/c29-25-21-6-3-13-34-24(21)15-22(26(25)30)18-8-10-20(11-9-18)35-16-17-4-1-5-19(14-17)27(32)36-28(33)23-7-2-12-31-23/h1,3-6,8-11,14-15,23,31H,2,7,12-13,16H2/t23-/m0/s1. The minimum atomic E-state index is -0.946. The molecule has 6 nitrogen and oxygen atoms in total. The van der Waals surface area contributed by atoms with E-state index < -0.39 is 29.6 Å². The van der Waals surface area contributed by atoms with Gasteiger partial charge in [-0.05, 0) is 73.0 Å². The van der Waals surface area contributed by atoms with E-state index in [2.05, 4.69) is 5.32 Å². The molecule has 0 amide bonds. The number of benzene rings is 3. The molecule has 2 aliphatic rings. The lowest BCUT2D eigenvalue weighted by Gasteiger charge is -2.16. The number of halogens is 2. The number of esters is 2. The summed E-state index contributed by atoms with van der Waals surface area (Å²) in [5.74, 6) is -2.36. The Labute approximate surface area is 206 Å². The summed E-state index contributed by atoms with van der Waals surface area (Å²) in [5.41, 5.74) is 1.63. The van der Waals surface area contributed by atoms with Crippen LogP contribution in [0.4, 0.5) is 8.78 Å². The molecule has 2 heterocycles. The van der Waals surface area contributed by atoms with Gasteiger partial charge in [0, 0.05) is 5.56 Å². The van der Waals surface area contributed by atoms with Gasteiger partial charge in [0.1, 0.15) is 30.8 Å². The van der Waals surface area contributed by atoms with Crippen LogP contribution in [0.25, 0.3) is 17.2 Å². The summed E-state index contributed by atoms with van der Waals surface area (Å²) in [4.78, 5) is 24.5. The zero-order valence-corrected chi connectivity index (χ0v) is 19.3. The Morgan fingerprint density at radius 2 is 1.89 bits per heavy atom. The largest absolute Gasteiger partial charge is 0.489 e. The average molecular weight is 491 g/mol. The van der Waals surface area contributed by atoms with Crippen molar-refractivity contribution in [2.24, 2.45) is 0 Å². The minimum Gasteiger partial charge on any atom is -0.489 e. The van der Waals surface area contributed by atoms with E-state index in [-0.39, 0.29) is 23.3 Å². The second kappa shape index (κ2) is 10.3. The van der Waals surface area contributed by atoms with Crippen LogP contribution >= 0.6 is 0 Å². The van der Waals surface area contributed by atoms with E-state index in [0.717, 1.165) is 13.0 Å². The van der Waals surface area contributed by atoms with Crippen molar-refractivity contribution in [3.63, 3.8) is 0 Å². The molecule has 0 bridgehead atoms. The second-order valence-electron chi connectivity index (χ2n) is 8.55. The Balaban J connectivity index is 1.23. The van der Waals surface area contributed by atoms with Gasteiger partial charge in [-0.1, -0.05) is 24.3 Å². The van der Waals surface area contributed by atoms with Crippen LogP contribution in [0.3, 0.4) is 0 Å². The van der Waals surface area contributed by atoms with Crippen molar-refractivity contribution in [2.45, 2.75) is 25.5 Å². The van der Waals surface area contributed by atoms with E-state index in [9.17, 15) is 18.4 Å². The number of hydrogen-bond donors (Lipinski definition) is 1. The highest BCUT2D eigenvalue weighted by Gasteiger charge is 2.26. The molecule has 184 valence electrons. The average Bonchev–Trinajstić information content (AvgIpc) is 3.45. The number of carbonyl (C=O) groups excluding carboxylic acids is 2. The van der Waals surface area contributed by atoms with Crippen molar-refractivity contribution in [1.29, 1.82) is 0 Å². The van der Waals surface area contributed by atoms with Gasteiger partial charge in [-0.25, -0.2) is 18.4 Å². The van der Waals surface area contributed by atoms with Crippen LogP contribution < -0.4 is 14.8 Å². The number of carbonyl (C=O) groups is 2. The smallest absolute Gasteiger partial charge is 0.345 e. The van der Waals surface area contributed by atoms with Crippen molar-refractivity contribution in [1.82, 2.24) is 5.32 Å². The van der Waals surface area contributed by atoms with E-state index in [1.165, 1.54) is 12.1 Å². The van der Waals surface area contributed by atoms with Crippen molar-refractivity contribution in [3.05, 3.63) is 89.0 Å². The Bertz CT molecular complexity index is 1330. The maximum absolute atomic E-state index is 14.7. The fraction of sp³-hybridized carbons (Fsp3) is 0.214. The maximum atomic E-state index is 14.7. The summed E-state index contributed by atoms with van der Waals surface area (Å²) in [6.45, 7) is 1.19. The highest BCUT2D eigenvalue weighted by Crippen LogP contribution is 2.36. The van der Waals surface area contributed by atoms with Crippen LogP contribution in [-0.2, 0) is 16.1 Å². The highest BCUT2D eigenvalue weighted by molar-refractivity contribution is 5.98. The molecule has 0 spiro atoms. The maximum Gasteiger partial charge on any atom is 0.345 e. The van der Waals surface area contributed by atoms with Crippen molar-refractivity contribution >= 4 is 18.0 Å². The Morgan fingerprint density at radius 1 is 1.06 bits per heavy atom. The molecule has 2 aliphatic heterocycles. The van der Waals surface area contributed by atoms with Crippen LogP contribution in [0.1, 0.15) is 34.3 Å². The molecule has 36 heavy (non-hydrogen) atoms. The SMILES string of the molecule is O=C(OC(=O)[C@@H]1CCCN1)c1cccc(COc2ccc(-c3cc4c(c(F)c3F)C=CCO4)cc2)c1. The zero-order chi connectivity index (χ0) is 25.1. The number of nitrogens with one attached hydrogen (secondary N) is 1. The normalized spacial score (nSPS) is 16.2. The van der Waals surface area contributed by atoms with Gasteiger partial charge in [0.05, 0.1) is 11.1 Å². The van der Waals surface area contributed by atoms with Gasteiger partial charge in [-0.2, -0.15) is 0 Å². The van der Waals surface area contributed by atoms with Crippen LogP contribution in [0.5, 0.6) is 11.5 Å². The van der Waals surface area contributed by atoms with E-state index in [1.54, 1.807) is 54.6 Å². The van der Waals surface area contributed by atoms with Crippen LogP contribution in [-0.4, -0.2) is 31.1 Å². The predicted molar refractivity (Wildman–Crippen MR) is 129 cm³/mol. The number of rotatable bonds is 6. The number of hydrogen-bond acceptors (Lipinski definition) is 6. The summed E-state index contributed by atoms with van der Waals surface area (Å²) in [6.07, 6.45) is 4.66. The molecular formula is C28H23F2NO5. The molecule has 5 rings (SSSR count). The molecule has 0 saturated carbocycles. The molecule has 3 aromatic carbocycles. The zero-order valence-electron chi connectivity index (χ0n) is 19.3. The summed E-state index contributed by atoms with van der Waals surface area (Å²) >= 11 is 0. The Kier molecular flexibility index (Phi) is 6.77. The van der Waals surface area contributed by atoms with Crippen molar-refractivity contribution in [2.75, 3.05) is 13.2 Å². The lowest BCUT2D eigenvalue weighted by atomic mass is 10.0. The first kappa shape index (κ1) is 23.7. The van der Waals surface area contributed by atoms with Gasteiger partial charge in [0.15, 0.2) is 11.6 Å². The minimum absolute atomic E-state index is 0.0988. The van der Waals surface area contributed by atoms with Crippen molar-refractivity contribution < 1.29 is 32.6 Å². The summed E-state index contributed by atoms with van der Waals surface area (Å²) in [7, 11) is 0. The van der Waals surface area contributed by atoms with Gasteiger partial charge in [-0.15, -0.1) is 0 Å². The molecular weight excluding hydrogens is 468 g/mol. The summed E-state index contributed by atoms with van der Waals surface area (Å²) in [6, 6.07) is 14.3. The fourth-order valence-corrected chi connectivity index (χ4v) is 4.20. The highest BCUT2D eigenvalue weighted by atomic mass is 19.2. The van der Waals surface area contributed by atoms with Crippen LogP contribution in [0, 0.1) is 11.6 Å². The van der Waals surface area contributed by atoms with Gasteiger partial charge in [0.2, 0.25) is 0 Å². The first-order valence-corrected chi connectivity index (χ1v) is 11.6. The van der Waals surface area contributed by atoms with E-state index >= 15 is 0 Å². The Hall–Kier alpha value is -4.04. The molecule has 0 aliphatic carbocycles. The molecule has 1 saturated heterocycles. The van der Waals surface area contributed by atoms with Crippen molar-refractivity contribution in [3.8, 4) is 22.6 Å². The van der Waals surface area contributed by atoms with Gasteiger partial charge in [-0.3, -0.25) is 0 Å². The molecule has 0 aromatic heterocycles. The van der Waals surface area contributed by atoms with Crippen LogP contribution in [0.15, 0.2) is 60.7 Å². The number of fused-ring (bicyclic) bond motifs is 1. The lowest BCUT2D eigenvalue weighted by molar-refractivity contribution is -0.139. The second-order valence-corrected chi connectivity index (χ2v) is 8.55. The summed E-state index contributed by atoms with van der Waals surface area (Å²) in [5, 5.41) is 3.00. The van der Waals surface area contributed by atoms with E-state index in [0.29, 0.717) is 35.7 Å². The first-order chi connectivity index (χ1) is 17.5. The van der Waals surface area contributed by atoms with Crippen LogP contribution in [0.2, 0.25) is 0 Å². The first-order valence-electron chi connectivity index (χ1n) is 11.6. The molecule has 8 heteroatoms. The molecule has 0 unspecified atom stereocenters. The third-order valence-electron chi connectivity index (χ3n) is 6.10. The number of ether oxygens (including phenoxy) is 3. The molecule has 1 atom stereocenters. The summed E-state index contributed by atoms with van der Waals surface area (Å²) < 4.78 is 45.3. The third kappa shape index (κ3) is 4.99. The third-order valence-corrected chi connectivity index (χ3v) is 6.10. The monoisotopic (exact) mass is 491 g/mol. The Morgan fingerprint density at radius 3 is 2.67 bits per heavy atom. The molecule has 1 fully saturated rings. The quantitative estimate of drug-likeness (QED) is 0.384. The van der Waals surface area contributed by atoms with E-state index in [1.807, 2.05) is 0 Å². The molecule has 0 radical (unpaired) electrons. The topological polar surface area (TPSA) is 73.9 Å². The lowest BCUT2D eigenvalue weighted by Crippen LogP contribution is -2.33. The predicted octanol–water partition coefficient (Wildman–Crippen LogP) is 5.05. The van der Waals surface area contributed by atoms with Gasteiger partial charge < -0.3 is 19.5 Å². The van der Waals surface area contributed by atoms with Gasteiger partial charge in [0.25, 0.3) is 0 Å². The van der Waals surface area contributed by atoms with Gasteiger partial charge >= 0.3 is 11.9 Å². The van der Waals surface area contributed by atoms with E-state index in [4.69, 9.17) is 14.2 Å².